The maximum absolute atomic E-state index is 8.76. The number of hydrogen-bond acceptors (Lipinski definition) is 4. The van der Waals surface area contributed by atoms with Crippen molar-refractivity contribution in [2.45, 2.75) is 0 Å². The molecule has 17 heavy (non-hydrogen) atoms. The van der Waals surface area contributed by atoms with Gasteiger partial charge in [-0.2, -0.15) is 15.5 Å². The fourth-order valence-corrected chi connectivity index (χ4v) is 1.90. The maximum atomic E-state index is 8.76. The maximum Gasteiger partial charge on any atom is 0.182 e. The van der Waals surface area contributed by atoms with Crippen molar-refractivity contribution in [2.75, 3.05) is 0 Å². The Labute approximate surface area is 110 Å². The average molecular weight is 336 g/mol. The zero-order chi connectivity index (χ0) is 11.8. The summed E-state index contributed by atoms with van der Waals surface area (Å²) >= 11 is 2.14. The van der Waals surface area contributed by atoms with Crippen LogP contribution in [0.1, 0.15) is 5.56 Å². The Kier molecular flexibility index (Phi) is 2.29. The van der Waals surface area contributed by atoms with Gasteiger partial charge in [-0.15, -0.1) is 0 Å². The van der Waals surface area contributed by atoms with Gasteiger partial charge in [-0.1, -0.05) is 0 Å². The predicted octanol–water partition coefficient (Wildman–Crippen LogP) is 1.39. The molecule has 0 saturated heterocycles. The number of fused-ring (bicyclic) bond motifs is 1. The monoisotopic (exact) mass is 336 g/mol. The van der Waals surface area contributed by atoms with Crippen LogP contribution in [0.15, 0.2) is 30.9 Å². The second kappa shape index (κ2) is 3.81. The van der Waals surface area contributed by atoms with Crippen molar-refractivity contribution in [3.8, 4) is 11.8 Å². The first-order chi connectivity index (χ1) is 8.28. The van der Waals surface area contributed by atoms with Crippen molar-refractivity contribution in [2.24, 2.45) is 0 Å². The van der Waals surface area contributed by atoms with Gasteiger partial charge < -0.3 is 0 Å². The summed E-state index contributed by atoms with van der Waals surface area (Å²) in [5.74, 6) is 0. The molecular weight excluding hydrogens is 331 g/mol. The smallest absolute Gasteiger partial charge is 0.182 e. The first-order valence-electron chi connectivity index (χ1n) is 4.73. The Bertz CT molecular complexity index is 735. The van der Waals surface area contributed by atoms with E-state index in [1.54, 1.807) is 21.6 Å². The van der Waals surface area contributed by atoms with Crippen LogP contribution in [0.25, 0.3) is 11.3 Å². The van der Waals surface area contributed by atoms with Crippen LogP contribution in [-0.2, 0) is 0 Å². The topological polar surface area (TPSA) is 71.8 Å². The van der Waals surface area contributed by atoms with Crippen LogP contribution >= 0.6 is 22.6 Å². The molecule has 0 aliphatic carbocycles. The van der Waals surface area contributed by atoms with Gasteiger partial charge in [0.15, 0.2) is 5.65 Å². The van der Waals surface area contributed by atoms with E-state index in [-0.39, 0.29) is 0 Å². The van der Waals surface area contributed by atoms with E-state index < -0.39 is 0 Å². The molecule has 0 N–H and O–H groups in total. The fraction of sp³-hybridized carbons (Fsp3) is 0. The van der Waals surface area contributed by atoms with Gasteiger partial charge in [0.05, 0.1) is 18.0 Å². The standard InChI is InChI=1S/C10H5IN6/c11-9-1-2-16-10(15-9)8(5-14-16)17-6-7(3-12)4-13-17/h1-2,4-6H. The molecule has 7 heteroatoms. The number of rotatable bonds is 1. The summed E-state index contributed by atoms with van der Waals surface area (Å²) < 4.78 is 4.15. The number of hydrogen-bond donors (Lipinski definition) is 0. The van der Waals surface area contributed by atoms with Crippen molar-refractivity contribution in [1.82, 2.24) is 24.4 Å². The van der Waals surface area contributed by atoms with Crippen LogP contribution in [0.4, 0.5) is 0 Å². The highest BCUT2D eigenvalue weighted by Gasteiger charge is 2.09. The van der Waals surface area contributed by atoms with Crippen LogP contribution in [0.2, 0.25) is 0 Å². The Balaban J connectivity index is 2.23. The van der Waals surface area contributed by atoms with Gasteiger partial charge in [0, 0.05) is 12.4 Å². The largest absolute Gasteiger partial charge is 0.234 e. The molecule has 0 aliphatic heterocycles. The van der Waals surface area contributed by atoms with Gasteiger partial charge in [-0.3, -0.25) is 0 Å². The van der Waals surface area contributed by atoms with Crippen LogP contribution in [0.5, 0.6) is 0 Å². The highest BCUT2D eigenvalue weighted by molar-refractivity contribution is 14.1. The number of nitriles is 1. The third kappa shape index (κ3) is 1.66. The van der Waals surface area contributed by atoms with E-state index in [1.165, 1.54) is 6.20 Å². The van der Waals surface area contributed by atoms with Crippen molar-refractivity contribution in [1.29, 1.82) is 5.26 Å². The molecule has 0 bridgehead atoms. The zero-order valence-corrected chi connectivity index (χ0v) is 10.6. The normalized spacial score (nSPS) is 10.6. The van der Waals surface area contributed by atoms with E-state index in [0.717, 1.165) is 9.39 Å². The van der Waals surface area contributed by atoms with Crippen LogP contribution in [-0.4, -0.2) is 24.4 Å². The van der Waals surface area contributed by atoms with E-state index in [4.69, 9.17) is 5.26 Å². The lowest BCUT2D eigenvalue weighted by Gasteiger charge is -1.97. The van der Waals surface area contributed by atoms with E-state index in [2.05, 4.69) is 37.8 Å². The molecule has 0 spiro atoms. The first kappa shape index (κ1) is 10.2. The SMILES string of the molecule is N#Cc1cnn(-c2cnn3ccc(I)nc23)c1. The van der Waals surface area contributed by atoms with Crippen molar-refractivity contribution >= 4 is 28.2 Å². The summed E-state index contributed by atoms with van der Waals surface area (Å²) in [5.41, 5.74) is 1.98. The van der Waals surface area contributed by atoms with E-state index in [9.17, 15) is 0 Å². The van der Waals surface area contributed by atoms with Gasteiger partial charge in [-0.05, 0) is 28.7 Å². The highest BCUT2D eigenvalue weighted by Crippen LogP contribution is 2.14. The lowest BCUT2D eigenvalue weighted by molar-refractivity contribution is 0.883. The minimum atomic E-state index is 0.509. The molecule has 3 heterocycles. The number of nitrogens with zero attached hydrogens (tertiary/aromatic N) is 6. The molecule has 3 aromatic rings. The van der Waals surface area contributed by atoms with Gasteiger partial charge in [-0.25, -0.2) is 14.2 Å². The molecule has 0 aliphatic rings. The van der Waals surface area contributed by atoms with E-state index in [0.29, 0.717) is 11.2 Å². The highest BCUT2D eigenvalue weighted by atomic mass is 127. The van der Waals surface area contributed by atoms with Crippen LogP contribution in [0, 0.1) is 15.0 Å². The van der Waals surface area contributed by atoms with Gasteiger partial charge >= 0.3 is 0 Å². The summed E-state index contributed by atoms with van der Waals surface area (Å²) in [7, 11) is 0. The second-order valence-corrected chi connectivity index (χ2v) is 4.44. The lowest BCUT2D eigenvalue weighted by Crippen LogP contribution is -1.96. The molecule has 3 aromatic heterocycles. The van der Waals surface area contributed by atoms with Gasteiger partial charge in [0.25, 0.3) is 0 Å². The molecule has 6 nitrogen and oxygen atoms in total. The van der Waals surface area contributed by atoms with E-state index in [1.807, 2.05) is 18.3 Å². The lowest BCUT2D eigenvalue weighted by atomic mass is 10.4. The van der Waals surface area contributed by atoms with Crippen LogP contribution in [0.3, 0.4) is 0 Å². The Morgan fingerprint density at radius 2 is 2.18 bits per heavy atom. The molecule has 0 atom stereocenters. The fourth-order valence-electron chi connectivity index (χ4n) is 1.51. The molecule has 0 unspecified atom stereocenters. The summed E-state index contributed by atoms with van der Waals surface area (Å²) in [4.78, 5) is 4.39. The summed E-state index contributed by atoms with van der Waals surface area (Å²) in [6.45, 7) is 0. The third-order valence-electron chi connectivity index (χ3n) is 2.28. The molecule has 3 rings (SSSR count). The molecule has 82 valence electrons. The third-order valence-corrected chi connectivity index (χ3v) is 2.88. The van der Waals surface area contributed by atoms with Crippen molar-refractivity contribution in [3.63, 3.8) is 0 Å². The van der Waals surface area contributed by atoms with Crippen molar-refractivity contribution < 1.29 is 0 Å². The predicted molar refractivity (Wildman–Crippen MR) is 67.5 cm³/mol. The van der Waals surface area contributed by atoms with Gasteiger partial charge in [0.1, 0.15) is 15.5 Å². The Morgan fingerprint density at radius 1 is 1.29 bits per heavy atom. The molecule has 0 saturated carbocycles. The minimum Gasteiger partial charge on any atom is -0.234 e. The Morgan fingerprint density at radius 3 is 2.94 bits per heavy atom. The molecular formula is C10H5IN6. The number of halogens is 1. The summed E-state index contributed by atoms with van der Waals surface area (Å²) in [6, 6.07) is 3.91. The first-order valence-corrected chi connectivity index (χ1v) is 5.81. The Hall–Kier alpha value is -1.95. The minimum absolute atomic E-state index is 0.509. The average Bonchev–Trinajstić information content (AvgIpc) is 2.93. The van der Waals surface area contributed by atoms with E-state index >= 15 is 0 Å². The summed E-state index contributed by atoms with van der Waals surface area (Å²) in [6.07, 6.45) is 6.67. The quantitative estimate of drug-likeness (QED) is 0.497. The molecule has 0 fully saturated rings. The summed E-state index contributed by atoms with van der Waals surface area (Å²) in [5, 5.41) is 17.1. The number of aromatic nitrogens is 5. The molecule has 0 amide bonds. The second-order valence-electron chi connectivity index (χ2n) is 3.33. The van der Waals surface area contributed by atoms with Crippen LogP contribution < -0.4 is 0 Å². The van der Waals surface area contributed by atoms with Gasteiger partial charge in [0.2, 0.25) is 0 Å². The molecule has 0 radical (unpaired) electrons. The zero-order valence-electron chi connectivity index (χ0n) is 8.45. The molecule has 0 aromatic carbocycles. The van der Waals surface area contributed by atoms with Crippen molar-refractivity contribution in [3.05, 3.63) is 40.1 Å².